The fraction of sp³-hybridized carbons (Fsp3) is 0.708. The van der Waals surface area contributed by atoms with Gasteiger partial charge in [-0.3, -0.25) is 0 Å². The van der Waals surface area contributed by atoms with Gasteiger partial charge >= 0.3 is 0 Å². The van der Waals surface area contributed by atoms with Crippen LogP contribution in [0, 0.1) is 5.92 Å². The summed E-state index contributed by atoms with van der Waals surface area (Å²) in [6, 6.07) is 8.30. The van der Waals surface area contributed by atoms with Gasteiger partial charge in [0.15, 0.2) is 5.96 Å². The predicted molar refractivity (Wildman–Crippen MR) is 134 cm³/mol. The van der Waals surface area contributed by atoms with Crippen LogP contribution in [-0.4, -0.2) is 62.5 Å². The van der Waals surface area contributed by atoms with Gasteiger partial charge in [-0.2, -0.15) is 0 Å². The number of hydrogen-bond acceptors (Lipinski definition) is 4. The van der Waals surface area contributed by atoms with Gasteiger partial charge in [-0.05, 0) is 57.4 Å². The Balaban J connectivity index is 0.00000272. The number of nitrogens with one attached hydrogen (secondary N) is 1. The molecular formula is C24H38IN3O3. The number of guanidine groups is 1. The molecule has 3 fully saturated rings. The SMILES string of the molecule is CCNC(=NCc1ccccc1OCC1CC1)N1CCC(OCC2CCCO2)CC1.I. The van der Waals surface area contributed by atoms with Crippen molar-refractivity contribution in [3.05, 3.63) is 29.8 Å². The second-order valence-corrected chi connectivity index (χ2v) is 8.69. The number of likely N-dealkylation sites (tertiary alicyclic amines) is 1. The maximum absolute atomic E-state index is 6.12. The van der Waals surface area contributed by atoms with Crippen molar-refractivity contribution in [2.75, 3.05) is 39.5 Å². The standard InChI is InChI=1S/C24H37N3O3.HI/c1-2-25-24(26-16-20-6-3-4-8-23(20)30-17-19-9-10-19)27-13-11-21(12-14-27)29-18-22-7-5-15-28-22;/h3-4,6,8,19,21-22H,2,5,7,9-18H2,1H3,(H,25,26);1H. The number of rotatable bonds is 9. The van der Waals surface area contributed by atoms with Gasteiger partial charge in [-0.25, -0.2) is 4.99 Å². The number of hydrogen-bond donors (Lipinski definition) is 1. The van der Waals surface area contributed by atoms with Gasteiger partial charge in [0.1, 0.15) is 5.75 Å². The average Bonchev–Trinajstić information content (AvgIpc) is 3.47. The lowest BCUT2D eigenvalue weighted by atomic mass is 10.1. The molecule has 1 atom stereocenters. The lowest BCUT2D eigenvalue weighted by Gasteiger charge is -2.34. The van der Waals surface area contributed by atoms with Crippen LogP contribution in [0.2, 0.25) is 0 Å². The summed E-state index contributed by atoms with van der Waals surface area (Å²) in [6.07, 6.45) is 7.65. The summed E-state index contributed by atoms with van der Waals surface area (Å²) in [5.41, 5.74) is 1.16. The first-order chi connectivity index (χ1) is 14.8. The molecule has 2 aliphatic heterocycles. The molecule has 1 aromatic rings. The largest absolute Gasteiger partial charge is 0.493 e. The van der Waals surface area contributed by atoms with Crippen molar-refractivity contribution in [1.82, 2.24) is 10.2 Å². The number of aliphatic imine (C=N–C) groups is 1. The molecule has 6 nitrogen and oxygen atoms in total. The highest BCUT2D eigenvalue weighted by atomic mass is 127. The minimum atomic E-state index is 0. The average molecular weight is 543 g/mol. The normalized spacial score (nSPS) is 22.3. The fourth-order valence-electron chi connectivity index (χ4n) is 4.11. The van der Waals surface area contributed by atoms with E-state index < -0.39 is 0 Å². The molecular weight excluding hydrogens is 505 g/mol. The highest BCUT2D eigenvalue weighted by Crippen LogP contribution is 2.30. The van der Waals surface area contributed by atoms with E-state index in [1.807, 2.05) is 6.07 Å². The van der Waals surface area contributed by atoms with Crippen LogP contribution in [0.5, 0.6) is 5.75 Å². The Kier molecular flexibility index (Phi) is 10.2. The minimum absolute atomic E-state index is 0. The van der Waals surface area contributed by atoms with Crippen LogP contribution < -0.4 is 10.1 Å². The van der Waals surface area contributed by atoms with Crippen molar-refractivity contribution >= 4 is 29.9 Å². The van der Waals surface area contributed by atoms with Crippen LogP contribution in [0.25, 0.3) is 0 Å². The zero-order chi connectivity index (χ0) is 20.6. The van der Waals surface area contributed by atoms with Gasteiger partial charge in [0, 0.05) is 31.8 Å². The van der Waals surface area contributed by atoms with E-state index in [2.05, 4.69) is 35.3 Å². The van der Waals surface area contributed by atoms with E-state index in [0.29, 0.717) is 18.8 Å². The van der Waals surface area contributed by atoms with E-state index in [4.69, 9.17) is 19.2 Å². The first kappa shape index (κ1) is 24.6. The van der Waals surface area contributed by atoms with Gasteiger partial charge in [0.2, 0.25) is 0 Å². The Bertz CT molecular complexity index is 684. The molecule has 4 rings (SSSR count). The van der Waals surface area contributed by atoms with Crippen molar-refractivity contribution < 1.29 is 14.2 Å². The molecule has 7 heteroatoms. The van der Waals surface area contributed by atoms with Crippen molar-refractivity contribution in [2.24, 2.45) is 10.9 Å². The smallest absolute Gasteiger partial charge is 0.194 e. The molecule has 1 aliphatic carbocycles. The monoisotopic (exact) mass is 543 g/mol. The fourth-order valence-corrected chi connectivity index (χ4v) is 4.11. The third-order valence-electron chi connectivity index (χ3n) is 6.16. The van der Waals surface area contributed by atoms with Gasteiger partial charge in [0.25, 0.3) is 0 Å². The van der Waals surface area contributed by atoms with Crippen LogP contribution in [0.3, 0.4) is 0 Å². The molecule has 2 heterocycles. The molecule has 0 amide bonds. The number of para-hydroxylation sites is 1. The Morgan fingerprint density at radius 1 is 1.13 bits per heavy atom. The van der Waals surface area contributed by atoms with E-state index in [9.17, 15) is 0 Å². The summed E-state index contributed by atoms with van der Waals surface area (Å²) in [4.78, 5) is 7.30. The van der Waals surface area contributed by atoms with Crippen LogP contribution in [-0.2, 0) is 16.0 Å². The Hall–Kier alpha value is -1.06. The van der Waals surface area contributed by atoms with Crippen LogP contribution in [0.15, 0.2) is 29.3 Å². The topological polar surface area (TPSA) is 55.3 Å². The molecule has 0 bridgehead atoms. The Labute approximate surface area is 204 Å². The number of benzene rings is 1. The summed E-state index contributed by atoms with van der Waals surface area (Å²) in [5.74, 6) is 2.72. The number of halogens is 1. The summed E-state index contributed by atoms with van der Waals surface area (Å²) in [5, 5.41) is 3.47. The highest BCUT2D eigenvalue weighted by Gasteiger charge is 2.25. The molecule has 3 aliphatic rings. The van der Waals surface area contributed by atoms with Gasteiger partial charge < -0.3 is 24.4 Å². The summed E-state index contributed by atoms with van der Waals surface area (Å²) >= 11 is 0. The van der Waals surface area contributed by atoms with Gasteiger partial charge in [-0.15, -0.1) is 24.0 Å². The second-order valence-electron chi connectivity index (χ2n) is 8.69. The number of nitrogens with zero attached hydrogens (tertiary/aromatic N) is 2. The van der Waals surface area contributed by atoms with Crippen molar-refractivity contribution in [1.29, 1.82) is 0 Å². The van der Waals surface area contributed by atoms with Crippen LogP contribution >= 0.6 is 24.0 Å². The molecule has 0 spiro atoms. The van der Waals surface area contributed by atoms with E-state index in [1.54, 1.807) is 0 Å². The Morgan fingerprint density at radius 2 is 1.94 bits per heavy atom. The van der Waals surface area contributed by atoms with Gasteiger partial charge in [-0.1, -0.05) is 18.2 Å². The third kappa shape index (κ3) is 7.79. The molecule has 2 saturated heterocycles. The maximum Gasteiger partial charge on any atom is 0.194 e. The first-order valence-corrected chi connectivity index (χ1v) is 11.8. The molecule has 31 heavy (non-hydrogen) atoms. The van der Waals surface area contributed by atoms with Crippen LogP contribution in [0.4, 0.5) is 0 Å². The second kappa shape index (κ2) is 12.8. The molecule has 0 radical (unpaired) electrons. The molecule has 0 aromatic heterocycles. The highest BCUT2D eigenvalue weighted by molar-refractivity contribution is 14.0. The number of ether oxygens (including phenoxy) is 3. The van der Waals surface area contributed by atoms with Crippen molar-refractivity contribution in [2.45, 2.75) is 64.2 Å². The van der Waals surface area contributed by atoms with E-state index in [0.717, 1.165) is 81.9 Å². The summed E-state index contributed by atoms with van der Waals surface area (Å²) in [7, 11) is 0. The quantitative estimate of drug-likeness (QED) is 0.287. The molecule has 1 aromatic carbocycles. The van der Waals surface area contributed by atoms with E-state index in [-0.39, 0.29) is 24.0 Å². The van der Waals surface area contributed by atoms with Crippen LogP contribution in [0.1, 0.15) is 51.0 Å². The van der Waals surface area contributed by atoms with E-state index >= 15 is 0 Å². The minimum Gasteiger partial charge on any atom is -0.493 e. The molecule has 1 unspecified atom stereocenters. The maximum atomic E-state index is 6.12. The van der Waals surface area contributed by atoms with Crippen molar-refractivity contribution in [3.63, 3.8) is 0 Å². The third-order valence-corrected chi connectivity index (χ3v) is 6.16. The molecule has 174 valence electrons. The van der Waals surface area contributed by atoms with Gasteiger partial charge in [0.05, 0.1) is 32.0 Å². The predicted octanol–water partition coefficient (Wildman–Crippen LogP) is 4.22. The summed E-state index contributed by atoms with van der Waals surface area (Å²) in [6.45, 7) is 8.05. The number of piperidine rings is 1. The Morgan fingerprint density at radius 3 is 2.65 bits per heavy atom. The molecule has 1 N–H and O–H groups in total. The zero-order valence-electron chi connectivity index (χ0n) is 18.8. The van der Waals surface area contributed by atoms with E-state index in [1.165, 1.54) is 19.3 Å². The van der Waals surface area contributed by atoms with Crippen molar-refractivity contribution in [3.8, 4) is 5.75 Å². The zero-order valence-corrected chi connectivity index (χ0v) is 21.1. The first-order valence-electron chi connectivity index (χ1n) is 11.8. The molecule has 1 saturated carbocycles. The lowest BCUT2D eigenvalue weighted by molar-refractivity contribution is -0.0367. The lowest BCUT2D eigenvalue weighted by Crippen LogP contribution is -2.47. The summed E-state index contributed by atoms with van der Waals surface area (Å²) < 4.78 is 17.9.